The first kappa shape index (κ1) is 16.0. The summed E-state index contributed by atoms with van der Waals surface area (Å²) in [5.74, 6) is -1.03. The number of halogens is 1. The lowest BCUT2D eigenvalue weighted by Crippen LogP contribution is -2.29. The van der Waals surface area contributed by atoms with Gasteiger partial charge in [0.2, 0.25) is 0 Å². The molecule has 0 spiro atoms. The molecule has 1 saturated heterocycles. The fourth-order valence-corrected chi connectivity index (χ4v) is 3.28. The molecule has 0 bridgehead atoms. The molecule has 1 aliphatic rings. The van der Waals surface area contributed by atoms with Crippen LogP contribution < -0.4 is 0 Å². The summed E-state index contributed by atoms with van der Waals surface area (Å²) in [6, 6.07) is 7.47. The van der Waals surface area contributed by atoms with Crippen molar-refractivity contribution in [1.82, 2.24) is 14.7 Å². The number of hydrogen-bond acceptors (Lipinski definition) is 3. The standard InChI is InChI=1S/C17H20ClN3O2/c1-20-16(10-15(19-20)17(22)23)12-5-6-13(14(18)9-12)11-21-7-3-2-4-8-21/h5-6,9-10H,2-4,7-8,11H2,1H3,(H,22,23). The fourth-order valence-electron chi connectivity index (χ4n) is 3.04. The number of likely N-dealkylation sites (tertiary alicyclic amines) is 1. The molecule has 122 valence electrons. The molecular weight excluding hydrogens is 314 g/mol. The highest BCUT2D eigenvalue weighted by molar-refractivity contribution is 6.31. The number of aromatic carboxylic acids is 1. The molecule has 1 N–H and O–H groups in total. The van der Waals surface area contributed by atoms with Crippen LogP contribution in [0.2, 0.25) is 5.02 Å². The molecule has 0 amide bonds. The van der Waals surface area contributed by atoms with E-state index < -0.39 is 5.97 Å². The monoisotopic (exact) mass is 333 g/mol. The Kier molecular flexibility index (Phi) is 4.68. The molecule has 0 unspecified atom stereocenters. The maximum absolute atomic E-state index is 11.0. The molecule has 5 nitrogen and oxygen atoms in total. The Morgan fingerprint density at radius 1 is 1.26 bits per heavy atom. The quantitative estimate of drug-likeness (QED) is 0.931. The first-order valence-corrected chi connectivity index (χ1v) is 8.21. The van der Waals surface area contributed by atoms with Gasteiger partial charge in [0.05, 0.1) is 5.69 Å². The molecule has 6 heteroatoms. The van der Waals surface area contributed by atoms with Crippen molar-refractivity contribution < 1.29 is 9.90 Å². The molecule has 1 aliphatic heterocycles. The minimum absolute atomic E-state index is 0.0380. The second kappa shape index (κ2) is 6.72. The Morgan fingerprint density at radius 3 is 2.61 bits per heavy atom. The maximum Gasteiger partial charge on any atom is 0.356 e. The number of hydrogen-bond donors (Lipinski definition) is 1. The average molecular weight is 334 g/mol. The van der Waals surface area contributed by atoms with Gasteiger partial charge in [0, 0.05) is 24.2 Å². The molecular formula is C17H20ClN3O2. The van der Waals surface area contributed by atoms with E-state index >= 15 is 0 Å². The summed E-state index contributed by atoms with van der Waals surface area (Å²) in [6.45, 7) is 3.12. The number of carboxylic acids is 1. The van der Waals surface area contributed by atoms with E-state index in [0.29, 0.717) is 5.02 Å². The van der Waals surface area contributed by atoms with Gasteiger partial charge in [-0.2, -0.15) is 5.10 Å². The van der Waals surface area contributed by atoms with Crippen LogP contribution in [0.1, 0.15) is 35.3 Å². The van der Waals surface area contributed by atoms with Crippen molar-refractivity contribution in [2.75, 3.05) is 13.1 Å². The van der Waals surface area contributed by atoms with Gasteiger partial charge >= 0.3 is 5.97 Å². The van der Waals surface area contributed by atoms with Gasteiger partial charge in [0.15, 0.2) is 5.69 Å². The van der Waals surface area contributed by atoms with E-state index in [1.54, 1.807) is 17.8 Å². The third-order valence-electron chi connectivity index (χ3n) is 4.29. The Balaban J connectivity index is 1.82. The van der Waals surface area contributed by atoms with E-state index in [1.165, 1.54) is 19.3 Å². The number of rotatable bonds is 4. The van der Waals surface area contributed by atoms with Gasteiger partial charge in [-0.1, -0.05) is 30.2 Å². The highest BCUT2D eigenvalue weighted by atomic mass is 35.5. The van der Waals surface area contributed by atoms with E-state index in [-0.39, 0.29) is 5.69 Å². The summed E-state index contributed by atoms with van der Waals surface area (Å²) in [6.07, 6.45) is 3.82. The van der Waals surface area contributed by atoms with Gasteiger partial charge in [-0.15, -0.1) is 0 Å². The van der Waals surface area contributed by atoms with Crippen LogP contribution in [0.15, 0.2) is 24.3 Å². The Morgan fingerprint density at radius 2 is 2.00 bits per heavy atom. The van der Waals surface area contributed by atoms with Gasteiger partial charge in [-0.3, -0.25) is 9.58 Å². The van der Waals surface area contributed by atoms with Gasteiger partial charge in [0.1, 0.15) is 0 Å². The van der Waals surface area contributed by atoms with Crippen molar-refractivity contribution >= 4 is 17.6 Å². The zero-order chi connectivity index (χ0) is 16.4. The first-order valence-electron chi connectivity index (χ1n) is 7.83. The minimum atomic E-state index is -1.03. The zero-order valence-electron chi connectivity index (χ0n) is 13.1. The number of aromatic nitrogens is 2. The number of aryl methyl sites for hydroxylation is 1. The molecule has 0 radical (unpaired) electrons. The number of carboxylic acid groups (broad SMARTS) is 1. The molecule has 2 aromatic rings. The number of nitrogens with zero attached hydrogens (tertiary/aromatic N) is 3. The van der Waals surface area contributed by atoms with Gasteiger partial charge in [-0.05, 0) is 43.6 Å². The summed E-state index contributed by atoms with van der Waals surface area (Å²) >= 11 is 6.45. The number of benzene rings is 1. The molecule has 0 aliphatic carbocycles. The summed E-state index contributed by atoms with van der Waals surface area (Å²) in [5, 5.41) is 13.8. The summed E-state index contributed by atoms with van der Waals surface area (Å²) in [5.41, 5.74) is 2.77. The van der Waals surface area contributed by atoms with Crippen LogP contribution >= 0.6 is 11.6 Å². The van der Waals surface area contributed by atoms with Crippen molar-refractivity contribution in [3.05, 3.63) is 40.5 Å². The van der Waals surface area contributed by atoms with Crippen LogP contribution in [0.25, 0.3) is 11.3 Å². The second-order valence-corrected chi connectivity index (χ2v) is 6.39. The highest BCUT2D eigenvalue weighted by Gasteiger charge is 2.15. The fraction of sp³-hybridized carbons (Fsp3) is 0.412. The van der Waals surface area contributed by atoms with Crippen LogP contribution in [0.4, 0.5) is 0 Å². The second-order valence-electron chi connectivity index (χ2n) is 5.99. The predicted molar refractivity (Wildman–Crippen MR) is 89.7 cm³/mol. The lowest BCUT2D eigenvalue weighted by Gasteiger charge is -2.26. The zero-order valence-corrected chi connectivity index (χ0v) is 13.9. The maximum atomic E-state index is 11.0. The van der Waals surface area contributed by atoms with E-state index in [4.69, 9.17) is 16.7 Å². The molecule has 0 saturated carbocycles. The van der Waals surface area contributed by atoms with Gasteiger partial charge in [-0.25, -0.2) is 4.79 Å². The Labute approximate surface area is 140 Å². The van der Waals surface area contributed by atoms with Crippen LogP contribution in [-0.2, 0) is 13.6 Å². The highest BCUT2D eigenvalue weighted by Crippen LogP contribution is 2.27. The van der Waals surface area contributed by atoms with Crippen LogP contribution in [0, 0.1) is 0 Å². The van der Waals surface area contributed by atoms with Crippen molar-refractivity contribution in [1.29, 1.82) is 0 Å². The normalized spacial score (nSPS) is 15.7. The van der Waals surface area contributed by atoms with Crippen LogP contribution in [-0.4, -0.2) is 38.8 Å². The third-order valence-corrected chi connectivity index (χ3v) is 4.64. The lowest BCUT2D eigenvalue weighted by atomic mass is 10.1. The number of piperidine rings is 1. The lowest BCUT2D eigenvalue weighted by molar-refractivity contribution is 0.0689. The van der Waals surface area contributed by atoms with Crippen molar-refractivity contribution in [3.8, 4) is 11.3 Å². The van der Waals surface area contributed by atoms with E-state index in [9.17, 15) is 4.79 Å². The predicted octanol–water partition coefficient (Wildman–Crippen LogP) is 3.42. The molecule has 1 aromatic carbocycles. The third kappa shape index (κ3) is 3.57. The summed E-state index contributed by atoms with van der Waals surface area (Å²) in [7, 11) is 1.73. The van der Waals surface area contributed by atoms with Crippen molar-refractivity contribution in [2.45, 2.75) is 25.8 Å². The van der Waals surface area contributed by atoms with E-state index in [2.05, 4.69) is 10.00 Å². The summed E-state index contributed by atoms with van der Waals surface area (Å²) in [4.78, 5) is 13.5. The smallest absolute Gasteiger partial charge is 0.356 e. The Hall–Kier alpha value is -1.85. The van der Waals surface area contributed by atoms with Crippen molar-refractivity contribution in [2.24, 2.45) is 7.05 Å². The molecule has 1 fully saturated rings. The van der Waals surface area contributed by atoms with Gasteiger partial charge < -0.3 is 5.11 Å². The summed E-state index contributed by atoms with van der Waals surface area (Å²) < 4.78 is 1.57. The SMILES string of the molecule is Cn1nc(C(=O)O)cc1-c1ccc(CN2CCCCC2)c(Cl)c1. The largest absolute Gasteiger partial charge is 0.476 e. The molecule has 3 rings (SSSR count). The van der Waals surface area contributed by atoms with Gasteiger partial charge in [0.25, 0.3) is 0 Å². The van der Waals surface area contributed by atoms with Crippen LogP contribution in [0.5, 0.6) is 0 Å². The molecule has 2 heterocycles. The molecule has 0 atom stereocenters. The van der Waals surface area contributed by atoms with Crippen LogP contribution in [0.3, 0.4) is 0 Å². The van der Waals surface area contributed by atoms with E-state index in [1.807, 2.05) is 18.2 Å². The first-order chi connectivity index (χ1) is 11.0. The molecule has 23 heavy (non-hydrogen) atoms. The minimum Gasteiger partial charge on any atom is -0.476 e. The van der Waals surface area contributed by atoms with E-state index in [0.717, 1.165) is 36.5 Å². The van der Waals surface area contributed by atoms with Crippen molar-refractivity contribution in [3.63, 3.8) is 0 Å². The average Bonchev–Trinajstić information content (AvgIpc) is 2.93. The Bertz CT molecular complexity index is 721. The number of carbonyl (C=O) groups is 1. The topological polar surface area (TPSA) is 58.4 Å². The molecule has 1 aromatic heterocycles.